The normalized spacial score (nSPS) is 11.5. The highest BCUT2D eigenvalue weighted by atomic mass is 79.9. The molecule has 1 aromatic carbocycles. The number of nitrogens with two attached hydrogens (primary N) is 1. The zero-order chi connectivity index (χ0) is 11.3. The Labute approximate surface area is 100 Å². The third kappa shape index (κ3) is 5.19. The first-order valence-corrected chi connectivity index (χ1v) is 6.06. The van der Waals surface area contributed by atoms with Crippen LogP contribution in [-0.2, 0) is 0 Å². The minimum Gasteiger partial charge on any atom is -0.384 e. The number of rotatable bonds is 5. The highest BCUT2D eigenvalue weighted by molar-refractivity contribution is 9.10. The number of hydrogen-bond donors (Lipinski definition) is 2. The summed E-state index contributed by atoms with van der Waals surface area (Å²) >= 11 is 3.50. The van der Waals surface area contributed by atoms with E-state index in [1.807, 2.05) is 18.2 Å². The minimum absolute atomic E-state index is 0.0599. The van der Waals surface area contributed by atoms with Crippen molar-refractivity contribution >= 4 is 21.6 Å². The lowest BCUT2D eigenvalue weighted by Gasteiger charge is -2.18. The first kappa shape index (κ1) is 12.5. The van der Waals surface area contributed by atoms with Gasteiger partial charge in [-0.2, -0.15) is 0 Å². The summed E-state index contributed by atoms with van der Waals surface area (Å²) in [6.07, 6.45) is 2.12. The van der Waals surface area contributed by atoms with E-state index in [1.165, 1.54) is 0 Å². The largest absolute Gasteiger partial charge is 0.384 e. The van der Waals surface area contributed by atoms with E-state index in [2.05, 4.69) is 41.2 Å². The molecule has 15 heavy (non-hydrogen) atoms. The molecule has 0 unspecified atom stereocenters. The molecule has 0 saturated heterocycles. The van der Waals surface area contributed by atoms with Crippen LogP contribution in [0.25, 0.3) is 0 Å². The summed E-state index contributed by atoms with van der Waals surface area (Å²) in [4.78, 5) is 0. The summed E-state index contributed by atoms with van der Waals surface area (Å²) < 4.78 is 1.11. The number of benzene rings is 1. The van der Waals surface area contributed by atoms with E-state index in [0.717, 1.165) is 29.5 Å². The zero-order valence-corrected chi connectivity index (χ0v) is 11.0. The van der Waals surface area contributed by atoms with Gasteiger partial charge in [0.25, 0.3) is 0 Å². The summed E-state index contributed by atoms with van der Waals surface area (Å²) in [7, 11) is 0. The number of hydrogen-bond acceptors (Lipinski definition) is 2. The van der Waals surface area contributed by atoms with Crippen LogP contribution in [0.3, 0.4) is 0 Å². The van der Waals surface area contributed by atoms with Gasteiger partial charge in [0, 0.05) is 22.2 Å². The Balaban J connectivity index is 2.30. The fourth-order valence-corrected chi connectivity index (χ4v) is 1.80. The van der Waals surface area contributed by atoms with Crippen molar-refractivity contribution in [2.24, 2.45) is 5.73 Å². The van der Waals surface area contributed by atoms with Crippen molar-refractivity contribution in [1.82, 2.24) is 0 Å². The van der Waals surface area contributed by atoms with Gasteiger partial charge in [-0.05, 0) is 54.8 Å². The van der Waals surface area contributed by atoms with Gasteiger partial charge >= 0.3 is 0 Å². The standard InChI is InChI=1S/C12H19BrN2/c1-12(2,14)8-5-9-15-11-7-4-3-6-10(11)13/h3-4,6-7,15H,5,8-9,14H2,1-2H3. The number of nitrogens with one attached hydrogen (secondary N) is 1. The summed E-state index contributed by atoms with van der Waals surface area (Å²) in [5, 5.41) is 3.38. The molecule has 0 aromatic heterocycles. The third-order valence-corrected chi connectivity index (χ3v) is 2.88. The van der Waals surface area contributed by atoms with Crippen LogP contribution in [0.5, 0.6) is 0 Å². The zero-order valence-electron chi connectivity index (χ0n) is 9.39. The van der Waals surface area contributed by atoms with Crippen LogP contribution in [0, 0.1) is 0 Å². The number of halogens is 1. The van der Waals surface area contributed by atoms with Crippen molar-refractivity contribution in [3.05, 3.63) is 28.7 Å². The van der Waals surface area contributed by atoms with E-state index in [9.17, 15) is 0 Å². The lowest BCUT2D eigenvalue weighted by molar-refractivity contribution is 0.465. The highest BCUT2D eigenvalue weighted by Gasteiger charge is 2.09. The molecule has 0 saturated carbocycles. The Bertz CT molecular complexity index is 305. The fraction of sp³-hybridized carbons (Fsp3) is 0.500. The molecule has 0 aliphatic carbocycles. The van der Waals surface area contributed by atoms with E-state index < -0.39 is 0 Å². The van der Waals surface area contributed by atoms with Gasteiger partial charge in [-0.3, -0.25) is 0 Å². The Morgan fingerprint density at radius 1 is 1.33 bits per heavy atom. The molecule has 2 nitrogen and oxygen atoms in total. The molecular formula is C12H19BrN2. The van der Waals surface area contributed by atoms with E-state index in [-0.39, 0.29) is 5.54 Å². The van der Waals surface area contributed by atoms with Crippen molar-refractivity contribution in [3.63, 3.8) is 0 Å². The molecule has 3 N–H and O–H groups in total. The first-order valence-electron chi connectivity index (χ1n) is 5.26. The summed E-state index contributed by atoms with van der Waals surface area (Å²) in [5.41, 5.74) is 6.99. The average Bonchev–Trinajstić information content (AvgIpc) is 2.13. The van der Waals surface area contributed by atoms with Gasteiger partial charge in [-0.15, -0.1) is 0 Å². The van der Waals surface area contributed by atoms with Crippen LogP contribution in [0.2, 0.25) is 0 Å². The molecule has 84 valence electrons. The molecule has 0 amide bonds. The Morgan fingerprint density at radius 3 is 2.60 bits per heavy atom. The summed E-state index contributed by atoms with van der Waals surface area (Å²) in [6.45, 7) is 5.08. The van der Waals surface area contributed by atoms with E-state index in [1.54, 1.807) is 0 Å². The topological polar surface area (TPSA) is 38.0 Å². The maximum Gasteiger partial charge on any atom is 0.0484 e. The van der Waals surface area contributed by atoms with Crippen LogP contribution in [-0.4, -0.2) is 12.1 Å². The Morgan fingerprint density at radius 2 is 2.00 bits per heavy atom. The van der Waals surface area contributed by atoms with E-state index in [4.69, 9.17) is 5.73 Å². The monoisotopic (exact) mass is 270 g/mol. The predicted molar refractivity (Wildman–Crippen MR) is 70.1 cm³/mol. The predicted octanol–water partition coefficient (Wildman–Crippen LogP) is 3.38. The molecule has 1 rings (SSSR count). The molecule has 3 heteroatoms. The summed E-state index contributed by atoms with van der Waals surface area (Å²) in [6, 6.07) is 8.14. The van der Waals surface area contributed by atoms with Crippen molar-refractivity contribution in [1.29, 1.82) is 0 Å². The minimum atomic E-state index is -0.0599. The van der Waals surface area contributed by atoms with Gasteiger partial charge in [0.15, 0.2) is 0 Å². The SMILES string of the molecule is CC(C)(N)CCCNc1ccccc1Br. The lowest BCUT2D eigenvalue weighted by Crippen LogP contribution is -2.32. The molecule has 0 radical (unpaired) electrons. The fourth-order valence-electron chi connectivity index (χ4n) is 1.37. The maximum atomic E-state index is 5.91. The smallest absolute Gasteiger partial charge is 0.0484 e. The molecule has 0 aliphatic heterocycles. The quantitative estimate of drug-likeness (QED) is 0.806. The van der Waals surface area contributed by atoms with Crippen molar-refractivity contribution in [3.8, 4) is 0 Å². The maximum absolute atomic E-state index is 5.91. The average molecular weight is 271 g/mol. The van der Waals surface area contributed by atoms with Gasteiger partial charge in [-0.25, -0.2) is 0 Å². The molecule has 0 bridgehead atoms. The van der Waals surface area contributed by atoms with E-state index in [0.29, 0.717) is 0 Å². The van der Waals surface area contributed by atoms with Gasteiger partial charge in [0.1, 0.15) is 0 Å². The molecule has 0 fully saturated rings. The lowest BCUT2D eigenvalue weighted by atomic mass is 10.0. The third-order valence-electron chi connectivity index (χ3n) is 2.19. The Hall–Kier alpha value is -0.540. The molecule has 0 atom stereocenters. The van der Waals surface area contributed by atoms with Crippen molar-refractivity contribution in [2.45, 2.75) is 32.2 Å². The molecule has 0 heterocycles. The van der Waals surface area contributed by atoms with E-state index >= 15 is 0 Å². The molecule has 1 aromatic rings. The van der Waals surface area contributed by atoms with Crippen molar-refractivity contribution in [2.75, 3.05) is 11.9 Å². The second kappa shape index (κ2) is 5.52. The van der Waals surface area contributed by atoms with Gasteiger partial charge in [0.2, 0.25) is 0 Å². The second-order valence-electron chi connectivity index (χ2n) is 4.50. The summed E-state index contributed by atoms with van der Waals surface area (Å²) in [5.74, 6) is 0. The highest BCUT2D eigenvalue weighted by Crippen LogP contribution is 2.21. The molecule has 0 aliphatic rings. The van der Waals surface area contributed by atoms with Crippen LogP contribution in [0.4, 0.5) is 5.69 Å². The van der Waals surface area contributed by atoms with Crippen LogP contribution < -0.4 is 11.1 Å². The molecular weight excluding hydrogens is 252 g/mol. The van der Waals surface area contributed by atoms with Crippen LogP contribution in [0.15, 0.2) is 28.7 Å². The number of anilines is 1. The van der Waals surface area contributed by atoms with Crippen LogP contribution >= 0.6 is 15.9 Å². The second-order valence-corrected chi connectivity index (χ2v) is 5.35. The Kier molecular flexibility index (Phi) is 4.61. The first-order chi connectivity index (χ1) is 6.99. The van der Waals surface area contributed by atoms with Gasteiger partial charge < -0.3 is 11.1 Å². The van der Waals surface area contributed by atoms with Gasteiger partial charge in [0.05, 0.1) is 0 Å². The van der Waals surface area contributed by atoms with Crippen LogP contribution in [0.1, 0.15) is 26.7 Å². The molecule has 0 spiro atoms. The van der Waals surface area contributed by atoms with Crippen molar-refractivity contribution < 1.29 is 0 Å². The number of para-hydroxylation sites is 1. The van der Waals surface area contributed by atoms with Gasteiger partial charge in [-0.1, -0.05) is 12.1 Å².